The van der Waals surface area contributed by atoms with Gasteiger partial charge in [0.15, 0.2) is 0 Å². The fraction of sp³-hybridized carbons (Fsp3) is 0.632. The van der Waals surface area contributed by atoms with Crippen LogP contribution in [0.15, 0.2) is 24.3 Å². The first kappa shape index (κ1) is 17.3. The van der Waals surface area contributed by atoms with Gasteiger partial charge in [-0.1, -0.05) is 23.7 Å². The number of ether oxygens (including phenoxy) is 1. The van der Waals surface area contributed by atoms with Crippen molar-refractivity contribution in [2.24, 2.45) is 0 Å². The Bertz CT molecular complexity index is 620. The Morgan fingerprint density at radius 1 is 1.12 bits per heavy atom. The van der Waals surface area contributed by atoms with Crippen molar-refractivity contribution in [2.45, 2.75) is 37.4 Å². The molecule has 0 spiro atoms. The molecule has 0 aliphatic carbocycles. The number of likely N-dealkylation sites (tertiary alicyclic amines) is 1. The first-order chi connectivity index (χ1) is 12.2. The summed E-state index contributed by atoms with van der Waals surface area (Å²) in [6.07, 6.45) is 2.86. The minimum Gasteiger partial charge on any atom is -0.381 e. The molecule has 1 aromatic rings. The number of amides is 1. The molecule has 3 aliphatic rings. The smallest absolute Gasteiger partial charge is 0.240 e. The summed E-state index contributed by atoms with van der Waals surface area (Å²) in [5, 5.41) is 4.22. The number of nitrogens with one attached hydrogen (secondary N) is 1. The monoisotopic (exact) mass is 363 g/mol. The Kier molecular flexibility index (Phi) is 5.27. The number of hydrogen-bond donors (Lipinski definition) is 1. The van der Waals surface area contributed by atoms with Crippen LogP contribution in [0.5, 0.6) is 0 Å². The Hall–Kier alpha value is -1.14. The van der Waals surface area contributed by atoms with Crippen LogP contribution in [0.4, 0.5) is 0 Å². The highest BCUT2D eigenvalue weighted by Gasteiger charge is 2.42. The van der Waals surface area contributed by atoms with Crippen LogP contribution in [-0.2, 0) is 9.53 Å². The number of halogens is 1. The van der Waals surface area contributed by atoms with Crippen molar-refractivity contribution in [1.29, 1.82) is 0 Å². The molecule has 1 aromatic carbocycles. The summed E-state index contributed by atoms with van der Waals surface area (Å²) in [5.41, 5.74) is 1.19. The number of carbonyl (C=O) groups excluding carboxylic acids is 1. The van der Waals surface area contributed by atoms with E-state index >= 15 is 0 Å². The Morgan fingerprint density at radius 2 is 1.96 bits per heavy atom. The summed E-state index contributed by atoms with van der Waals surface area (Å²) in [7, 11) is 0. The molecule has 4 rings (SSSR count). The summed E-state index contributed by atoms with van der Waals surface area (Å²) in [5.74, 6) is 0.306. The highest BCUT2D eigenvalue weighted by Crippen LogP contribution is 2.31. The fourth-order valence-corrected chi connectivity index (χ4v) is 4.67. The van der Waals surface area contributed by atoms with Crippen LogP contribution in [0.25, 0.3) is 0 Å². The molecule has 5 nitrogen and oxygen atoms in total. The highest BCUT2D eigenvalue weighted by molar-refractivity contribution is 6.30. The third kappa shape index (κ3) is 3.56. The van der Waals surface area contributed by atoms with Crippen LogP contribution in [0.3, 0.4) is 0 Å². The zero-order valence-corrected chi connectivity index (χ0v) is 15.3. The van der Waals surface area contributed by atoms with Gasteiger partial charge in [0, 0.05) is 56.5 Å². The van der Waals surface area contributed by atoms with E-state index in [1.165, 1.54) is 5.56 Å². The van der Waals surface area contributed by atoms with Crippen LogP contribution in [0.2, 0.25) is 5.02 Å². The van der Waals surface area contributed by atoms with E-state index in [4.69, 9.17) is 16.3 Å². The predicted octanol–water partition coefficient (Wildman–Crippen LogP) is 2.07. The van der Waals surface area contributed by atoms with E-state index in [0.29, 0.717) is 11.9 Å². The molecule has 2 atom stereocenters. The van der Waals surface area contributed by atoms with Gasteiger partial charge in [-0.3, -0.25) is 9.69 Å². The Labute approximate surface area is 154 Å². The first-order valence-electron chi connectivity index (χ1n) is 9.34. The molecule has 0 bridgehead atoms. The quantitative estimate of drug-likeness (QED) is 0.893. The lowest BCUT2D eigenvalue weighted by molar-refractivity contribution is -0.136. The van der Waals surface area contributed by atoms with Crippen LogP contribution in [-0.4, -0.2) is 67.2 Å². The first-order valence-corrected chi connectivity index (χ1v) is 9.72. The lowest BCUT2D eigenvalue weighted by atomic mass is 10.0. The summed E-state index contributed by atoms with van der Waals surface area (Å²) in [4.78, 5) is 17.7. The lowest BCUT2D eigenvalue weighted by Gasteiger charge is -2.40. The molecule has 3 saturated heterocycles. The molecule has 0 radical (unpaired) electrons. The number of rotatable bonds is 3. The summed E-state index contributed by atoms with van der Waals surface area (Å²) in [6, 6.07) is 8.60. The fourth-order valence-electron chi connectivity index (χ4n) is 4.47. The second-order valence-electron chi connectivity index (χ2n) is 7.19. The molecular weight excluding hydrogens is 338 g/mol. The summed E-state index contributed by atoms with van der Waals surface area (Å²) < 4.78 is 5.45. The molecule has 3 fully saturated rings. The van der Waals surface area contributed by atoms with Crippen LogP contribution in [0.1, 0.15) is 30.9 Å². The van der Waals surface area contributed by atoms with Gasteiger partial charge < -0.3 is 15.0 Å². The van der Waals surface area contributed by atoms with Crippen LogP contribution >= 0.6 is 11.6 Å². The maximum absolute atomic E-state index is 13.1. The normalized spacial score (nSPS) is 29.3. The maximum atomic E-state index is 13.1. The molecule has 1 N–H and O–H groups in total. The van der Waals surface area contributed by atoms with Crippen LogP contribution in [0, 0.1) is 0 Å². The highest BCUT2D eigenvalue weighted by atomic mass is 35.5. The second kappa shape index (κ2) is 7.62. The van der Waals surface area contributed by atoms with Gasteiger partial charge in [0.05, 0.1) is 6.04 Å². The molecular formula is C19H26ClN3O2. The molecule has 2 unspecified atom stereocenters. The van der Waals surface area contributed by atoms with Gasteiger partial charge in [-0.25, -0.2) is 0 Å². The van der Waals surface area contributed by atoms with Crippen molar-refractivity contribution in [3.05, 3.63) is 34.9 Å². The van der Waals surface area contributed by atoms with Crippen molar-refractivity contribution in [1.82, 2.24) is 15.1 Å². The number of nitrogens with zero attached hydrogens (tertiary/aromatic N) is 2. The minimum atomic E-state index is -0.00562. The number of piperazine rings is 1. The molecule has 0 saturated carbocycles. The number of hydrogen-bond acceptors (Lipinski definition) is 4. The molecule has 1 amide bonds. The predicted molar refractivity (Wildman–Crippen MR) is 97.7 cm³/mol. The zero-order chi connectivity index (χ0) is 17.2. The van der Waals surface area contributed by atoms with E-state index in [1.54, 1.807) is 0 Å². The second-order valence-corrected chi connectivity index (χ2v) is 7.63. The molecule has 3 aliphatic heterocycles. The van der Waals surface area contributed by atoms with Crippen molar-refractivity contribution in [3.8, 4) is 0 Å². The van der Waals surface area contributed by atoms with E-state index in [-0.39, 0.29) is 12.1 Å². The van der Waals surface area contributed by atoms with Gasteiger partial charge in [0.1, 0.15) is 0 Å². The van der Waals surface area contributed by atoms with Gasteiger partial charge in [0.2, 0.25) is 5.91 Å². The van der Waals surface area contributed by atoms with Gasteiger partial charge >= 0.3 is 0 Å². The molecule has 0 aromatic heterocycles. The summed E-state index contributed by atoms with van der Waals surface area (Å²) in [6.45, 7) is 5.12. The lowest BCUT2D eigenvalue weighted by Crippen LogP contribution is -2.53. The molecule has 136 valence electrons. The summed E-state index contributed by atoms with van der Waals surface area (Å²) >= 11 is 6.20. The van der Waals surface area contributed by atoms with E-state index in [9.17, 15) is 4.79 Å². The largest absolute Gasteiger partial charge is 0.381 e. The van der Waals surface area contributed by atoms with Crippen molar-refractivity contribution < 1.29 is 9.53 Å². The van der Waals surface area contributed by atoms with Gasteiger partial charge in [0.25, 0.3) is 0 Å². The zero-order valence-electron chi connectivity index (χ0n) is 14.5. The van der Waals surface area contributed by atoms with E-state index in [1.807, 2.05) is 18.2 Å². The van der Waals surface area contributed by atoms with Crippen LogP contribution < -0.4 is 5.32 Å². The van der Waals surface area contributed by atoms with Gasteiger partial charge in [-0.05, 0) is 37.0 Å². The Balaban J connectivity index is 1.51. The van der Waals surface area contributed by atoms with E-state index in [0.717, 1.165) is 63.7 Å². The maximum Gasteiger partial charge on any atom is 0.240 e. The Morgan fingerprint density at radius 3 is 2.76 bits per heavy atom. The minimum absolute atomic E-state index is 0.00562. The van der Waals surface area contributed by atoms with E-state index < -0.39 is 0 Å². The van der Waals surface area contributed by atoms with Crippen molar-refractivity contribution in [2.75, 3.05) is 39.4 Å². The third-order valence-electron chi connectivity index (χ3n) is 5.76. The van der Waals surface area contributed by atoms with E-state index in [2.05, 4.69) is 21.2 Å². The third-order valence-corrected chi connectivity index (χ3v) is 6.00. The van der Waals surface area contributed by atoms with Crippen molar-refractivity contribution >= 4 is 17.5 Å². The average molecular weight is 364 g/mol. The molecule has 3 heterocycles. The van der Waals surface area contributed by atoms with Gasteiger partial charge in [-0.2, -0.15) is 0 Å². The topological polar surface area (TPSA) is 44.8 Å². The van der Waals surface area contributed by atoms with Crippen molar-refractivity contribution in [3.63, 3.8) is 0 Å². The SMILES string of the molecule is O=C1C(N2CCNCC2c2cccc(Cl)c2)CCN1C1CCOCC1. The average Bonchev–Trinajstić information content (AvgIpc) is 3.04. The molecule has 25 heavy (non-hydrogen) atoms. The van der Waals surface area contributed by atoms with Gasteiger partial charge in [-0.15, -0.1) is 0 Å². The number of benzene rings is 1. The number of carbonyl (C=O) groups is 1. The standard InChI is InChI=1S/C19H26ClN3O2/c20-15-3-1-2-14(12-15)18-13-21-7-9-23(18)17-4-8-22(19(17)24)16-5-10-25-11-6-16/h1-3,12,16-18,21H,4-11,13H2. The molecule has 6 heteroatoms.